The van der Waals surface area contributed by atoms with E-state index in [9.17, 15) is 9.59 Å². The summed E-state index contributed by atoms with van der Waals surface area (Å²) >= 11 is 0. The summed E-state index contributed by atoms with van der Waals surface area (Å²) in [6.45, 7) is 7.41. The number of fused-ring (bicyclic) bond motifs is 1. The van der Waals surface area contributed by atoms with Crippen LogP contribution in [0.1, 0.15) is 74.4 Å². The van der Waals surface area contributed by atoms with Crippen molar-refractivity contribution in [1.29, 1.82) is 0 Å². The molecule has 0 fully saturated rings. The maximum atomic E-state index is 13.0. The van der Waals surface area contributed by atoms with Crippen LogP contribution >= 0.6 is 0 Å². The molecule has 0 radical (unpaired) electrons. The second kappa shape index (κ2) is 12.4. The largest absolute Gasteiger partial charge is 0.466 e. The molecule has 0 aliphatic carbocycles. The highest BCUT2D eigenvalue weighted by atomic mass is 16.5. The number of hydrogen-bond acceptors (Lipinski definition) is 3. The number of unbranched alkanes of at least 4 members (excludes halogenated alkanes) is 1. The van der Waals surface area contributed by atoms with E-state index in [1.807, 2.05) is 37.4 Å². The lowest BCUT2D eigenvalue weighted by Gasteiger charge is -2.06. The Kier molecular flexibility index (Phi) is 9.29. The second-order valence-corrected chi connectivity index (χ2v) is 9.21. The molecule has 0 saturated carbocycles. The summed E-state index contributed by atoms with van der Waals surface area (Å²) in [6.07, 6.45) is 7.62. The van der Waals surface area contributed by atoms with Crippen molar-refractivity contribution < 1.29 is 14.3 Å². The van der Waals surface area contributed by atoms with E-state index in [2.05, 4.69) is 42.7 Å². The van der Waals surface area contributed by atoms with Gasteiger partial charge in [-0.3, -0.25) is 9.59 Å². The van der Waals surface area contributed by atoms with Gasteiger partial charge in [-0.15, -0.1) is 0 Å². The number of Topliss-reactive ketones (excluding diaryl/α,β-unsaturated/α-hetero) is 1. The standard InChI is InChI=1S/C29H37NO3/c1-4-33-29(32)14-9-19-30-21-26(25-11-6-7-12-27(25)30)28(31)13-8-5-10-23-15-17-24(18-16-23)20-22(2)3/h6-7,11-12,15-18,21-22H,4-5,8-10,13-14,19-20H2,1-3H3. The van der Waals surface area contributed by atoms with Gasteiger partial charge in [0, 0.05) is 42.0 Å². The molecule has 3 aromatic rings. The topological polar surface area (TPSA) is 48.3 Å². The van der Waals surface area contributed by atoms with Gasteiger partial charge in [0.1, 0.15) is 0 Å². The Labute approximate surface area is 198 Å². The Balaban J connectivity index is 1.53. The van der Waals surface area contributed by atoms with Crippen LogP contribution in [-0.2, 0) is 28.9 Å². The number of aromatic nitrogens is 1. The third kappa shape index (κ3) is 7.31. The Morgan fingerprint density at radius 3 is 2.36 bits per heavy atom. The first-order chi connectivity index (χ1) is 16.0. The van der Waals surface area contributed by atoms with Crippen LogP contribution < -0.4 is 0 Å². The summed E-state index contributed by atoms with van der Waals surface area (Å²) < 4.78 is 7.11. The quantitative estimate of drug-likeness (QED) is 0.165. The molecule has 4 heteroatoms. The maximum Gasteiger partial charge on any atom is 0.305 e. The van der Waals surface area contributed by atoms with Crippen LogP contribution in [0.4, 0.5) is 0 Å². The molecule has 0 aliphatic heterocycles. The SMILES string of the molecule is CCOC(=O)CCCn1cc(C(=O)CCCCc2ccc(CC(C)C)cc2)c2ccccc21. The van der Waals surface area contributed by atoms with Crippen molar-refractivity contribution in [2.24, 2.45) is 5.92 Å². The fourth-order valence-corrected chi connectivity index (χ4v) is 4.34. The molecule has 4 nitrogen and oxygen atoms in total. The van der Waals surface area contributed by atoms with E-state index in [0.717, 1.165) is 42.1 Å². The van der Waals surface area contributed by atoms with Crippen LogP contribution in [0.15, 0.2) is 54.7 Å². The molecule has 0 aliphatic rings. The molecule has 0 atom stereocenters. The fraction of sp³-hybridized carbons (Fsp3) is 0.448. The van der Waals surface area contributed by atoms with E-state index in [1.54, 1.807) is 0 Å². The Morgan fingerprint density at radius 1 is 0.909 bits per heavy atom. The van der Waals surface area contributed by atoms with Crippen LogP contribution in [-0.4, -0.2) is 22.9 Å². The number of ether oxygens (including phenoxy) is 1. The van der Waals surface area contributed by atoms with Crippen LogP contribution in [0, 0.1) is 5.92 Å². The molecule has 33 heavy (non-hydrogen) atoms. The van der Waals surface area contributed by atoms with Crippen LogP contribution in [0.25, 0.3) is 10.9 Å². The number of rotatable bonds is 13. The number of ketones is 1. The average Bonchev–Trinajstić information content (AvgIpc) is 3.16. The molecule has 1 aromatic heterocycles. The van der Waals surface area contributed by atoms with Crippen molar-refractivity contribution in [3.05, 3.63) is 71.4 Å². The van der Waals surface area contributed by atoms with Crippen molar-refractivity contribution in [2.45, 2.75) is 72.3 Å². The van der Waals surface area contributed by atoms with Crippen molar-refractivity contribution in [1.82, 2.24) is 4.57 Å². The smallest absolute Gasteiger partial charge is 0.305 e. The van der Waals surface area contributed by atoms with Gasteiger partial charge in [-0.1, -0.05) is 56.3 Å². The molecule has 2 aromatic carbocycles. The van der Waals surface area contributed by atoms with Gasteiger partial charge in [0.2, 0.25) is 0 Å². The minimum atomic E-state index is -0.167. The Hall–Kier alpha value is -2.88. The molecule has 0 saturated heterocycles. The summed E-state index contributed by atoms with van der Waals surface area (Å²) in [5, 5.41) is 0.999. The predicted molar refractivity (Wildman–Crippen MR) is 135 cm³/mol. The molecule has 3 rings (SSSR count). The molecular formula is C29H37NO3. The molecule has 1 heterocycles. The zero-order chi connectivity index (χ0) is 23.6. The van der Waals surface area contributed by atoms with Crippen molar-refractivity contribution in [3.63, 3.8) is 0 Å². The predicted octanol–water partition coefficient (Wildman–Crippen LogP) is 6.78. The van der Waals surface area contributed by atoms with E-state index in [-0.39, 0.29) is 11.8 Å². The van der Waals surface area contributed by atoms with E-state index in [0.29, 0.717) is 38.3 Å². The molecule has 0 spiro atoms. The highest BCUT2D eigenvalue weighted by molar-refractivity contribution is 6.08. The maximum absolute atomic E-state index is 13.0. The van der Waals surface area contributed by atoms with Gasteiger partial charge in [0.25, 0.3) is 0 Å². The molecular weight excluding hydrogens is 410 g/mol. The van der Waals surface area contributed by atoms with E-state index in [4.69, 9.17) is 4.74 Å². The van der Waals surface area contributed by atoms with Crippen LogP contribution in [0.2, 0.25) is 0 Å². The summed E-state index contributed by atoms with van der Waals surface area (Å²) in [6, 6.07) is 16.9. The van der Waals surface area contributed by atoms with E-state index < -0.39 is 0 Å². The second-order valence-electron chi connectivity index (χ2n) is 9.21. The number of nitrogens with zero attached hydrogens (tertiary/aromatic N) is 1. The minimum absolute atomic E-state index is 0.167. The summed E-state index contributed by atoms with van der Waals surface area (Å²) in [5.41, 5.74) is 4.57. The monoisotopic (exact) mass is 447 g/mol. The van der Waals surface area contributed by atoms with Crippen molar-refractivity contribution in [2.75, 3.05) is 6.61 Å². The van der Waals surface area contributed by atoms with E-state index in [1.165, 1.54) is 11.1 Å². The molecule has 176 valence electrons. The summed E-state index contributed by atoms with van der Waals surface area (Å²) in [5.74, 6) is 0.702. The Morgan fingerprint density at radius 2 is 1.64 bits per heavy atom. The zero-order valence-electron chi connectivity index (χ0n) is 20.3. The van der Waals surface area contributed by atoms with Crippen molar-refractivity contribution >= 4 is 22.7 Å². The summed E-state index contributed by atoms with van der Waals surface area (Å²) in [4.78, 5) is 24.6. The lowest BCUT2D eigenvalue weighted by molar-refractivity contribution is -0.143. The molecule has 0 unspecified atom stereocenters. The number of carbonyl (C=O) groups is 2. The normalized spacial score (nSPS) is 11.3. The highest BCUT2D eigenvalue weighted by Gasteiger charge is 2.15. The Bertz CT molecular complexity index is 1050. The molecule has 0 bridgehead atoms. The third-order valence-corrected chi connectivity index (χ3v) is 5.96. The van der Waals surface area contributed by atoms with Crippen LogP contribution in [0.3, 0.4) is 0 Å². The number of hydrogen-bond donors (Lipinski definition) is 0. The zero-order valence-corrected chi connectivity index (χ0v) is 20.3. The van der Waals surface area contributed by atoms with Gasteiger partial charge < -0.3 is 9.30 Å². The van der Waals surface area contributed by atoms with Crippen LogP contribution in [0.5, 0.6) is 0 Å². The van der Waals surface area contributed by atoms with Gasteiger partial charge in [0.15, 0.2) is 5.78 Å². The number of para-hydroxylation sites is 1. The fourth-order valence-electron chi connectivity index (χ4n) is 4.34. The number of aryl methyl sites for hydroxylation is 2. The lowest BCUT2D eigenvalue weighted by Crippen LogP contribution is -2.06. The minimum Gasteiger partial charge on any atom is -0.466 e. The van der Waals surface area contributed by atoms with Crippen molar-refractivity contribution in [3.8, 4) is 0 Å². The van der Waals surface area contributed by atoms with Gasteiger partial charge in [-0.05, 0) is 62.1 Å². The molecule has 0 amide bonds. The van der Waals surface area contributed by atoms with Gasteiger partial charge in [0.05, 0.1) is 6.61 Å². The number of carbonyl (C=O) groups excluding carboxylic acids is 2. The average molecular weight is 448 g/mol. The first kappa shape index (κ1) is 24.8. The van der Waals surface area contributed by atoms with Gasteiger partial charge in [-0.25, -0.2) is 0 Å². The third-order valence-electron chi connectivity index (χ3n) is 5.96. The highest BCUT2D eigenvalue weighted by Crippen LogP contribution is 2.24. The summed E-state index contributed by atoms with van der Waals surface area (Å²) in [7, 11) is 0. The molecule has 0 N–H and O–H groups in total. The van der Waals surface area contributed by atoms with Gasteiger partial charge >= 0.3 is 5.97 Å². The van der Waals surface area contributed by atoms with E-state index >= 15 is 0 Å². The number of esters is 1. The first-order valence-corrected chi connectivity index (χ1v) is 12.3. The first-order valence-electron chi connectivity index (χ1n) is 12.3. The van der Waals surface area contributed by atoms with Gasteiger partial charge in [-0.2, -0.15) is 0 Å². The number of benzene rings is 2. The lowest BCUT2D eigenvalue weighted by atomic mass is 9.99.